The predicted molar refractivity (Wildman–Crippen MR) is 65.0 cm³/mol. The number of rotatable bonds is 4. The van der Waals surface area contributed by atoms with Crippen molar-refractivity contribution < 1.29 is 23.4 Å². The summed E-state index contributed by atoms with van der Waals surface area (Å²) in [6.45, 7) is 0. The van der Waals surface area contributed by atoms with E-state index >= 15 is 0 Å². The molecular formula is C12H11FN2O4. The molecule has 6 nitrogen and oxygen atoms in total. The van der Waals surface area contributed by atoms with E-state index in [9.17, 15) is 9.18 Å². The number of aromatic nitrogens is 1. The Kier molecular flexibility index (Phi) is 3.37. The summed E-state index contributed by atoms with van der Waals surface area (Å²) in [5.41, 5.74) is 0.347. The lowest BCUT2D eigenvalue weighted by Gasteiger charge is -2.03. The van der Waals surface area contributed by atoms with Crippen molar-refractivity contribution >= 4 is 12.0 Å². The van der Waals surface area contributed by atoms with Gasteiger partial charge in [0.05, 0.1) is 7.11 Å². The van der Waals surface area contributed by atoms with E-state index in [4.69, 9.17) is 14.3 Å². The number of carboxylic acid groups (broad SMARTS) is 1. The van der Waals surface area contributed by atoms with Gasteiger partial charge in [0, 0.05) is 12.6 Å². The smallest absolute Gasteiger partial charge is 0.374 e. The van der Waals surface area contributed by atoms with Crippen molar-refractivity contribution in [1.29, 1.82) is 0 Å². The van der Waals surface area contributed by atoms with Crippen molar-refractivity contribution in [3.8, 4) is 17.0 Å². The number of methoxy groups -OCH3 is 1. The van der Waals surface area contributed by atoms with Gasteiger partial charge in [-0.25, -0.2) is 9.18 Å². The fourth-order valence-corrected chi connectivity index (χ4v) is 1.58. The average molecular weight is 266 g/mol. The molecule has 1 aromatic heterocycles. The van der Waals surface area contributed by atoms with Crippen molar-refractivity contribution in [2.75, 3.05) is 19.5 Å². The van der Waals surface area contributed by atoms with Crippen LogP contribution in [0.1, 0.15) is 10.6 Å². The van der Waals surface area contributed by atoms with Gasteiger partial charge in [-0.15, -0.1) is 0 Å². The van der Waals surface area contributed by atoms with Crippen LogP contribution >= 0.6 is 0 Å². The number of nitrogens with zero attached hydrogens (tertiary/aromatic N) is 1. The first-order valence-electron chi connectivity index (χ1n) is 5.32. The van der Waals surface area contributed by atoms with Gasteiger partial charge in [0.2, 0.25) is 5.76 Å². The van der Waals surface area contributed by atoms with Crippen molar-refractivity contribution in [2.45, 2.75) is 0 Å². The average Bonchev–Trinajstić information content (AvgIpc) is 2.83. The number of oxazole rings is 1. The summed E-state index contributed by atoms with van der Waals surface area (Å²) in [6.07, 6.45) is 0. The molecule has 0 spiro atoms. The molecule has 2 rings (SSSR count). The number of ether oxygens (including phenoxy) is 1. The largest absolute Gasteiger partial charge is 0.494 e. The molecule has 19 heavy (non-hydrogen) atoms. The molecular weight excluding hydrogens is 255 g/mol. The lowest BCUT2D eigenvalue weighted by atomic mass is 10.1. The van der Waals surface area contributed by atoms with E-state index in [1.54, 1.807) is 0 Å². The minimum atomic E-state index is -1.28. The van der Waals surface area contributed by atoms with E-state index in [0.29, 0.717) is 5.56 Å². The lowest BCUT2D eigenvalue weighted by Crippen LogP contribution is -1.97. The van der Waals surface area contributed by atoms with E-state index in [1.807, 2.05) is 0 Å². The zero-order valence-electron chi connectivity index (χ0n) is 10.2. The summed E-state index contributed by atoms with van der Waals surface area (Å²) in [5, 5.41) is 11.6. The summed E-state index contributed by atoms with van der Waals surface area (Å²) in [4.78, 5) is 15.0. The third-order valence-electron chi connectivity index (χ3n) is 2.46. The second-order valence-electron chi connectivity index (χ2n) is 3.60. The maximum Gasteiger partial charge on any atom is 0.374 e. The van der Waals surface area contributed by atoms with Gasteiger partial charge in [-0.05, 0) is 18.2 Å². The van der Waals surface area contributed by atoms with Gasteiger partial charge < -0.3 is 19.6 Å². The summed E-state index contributed by atoms with van der Waals surface area (Å²) >= 11 is 0. The Morgan fingerprint density at radius 3 is 2.79 bits per heavy atom. The number of benzene rings is 1. The second kappa shape index (κ2) is 4.97. The lowest BCUT2D eigenvalue weighted by molar-refractivity contribution is 0.0665. The topological polar surface area (TPSA) is 84.6 Å². The van der Waals surface area contributed by atoms with Gasteiger partial charge in [0.15, 0.2) is 11.6 Å². The highest BCUT2D eigenvalue weighted by atomic mass is 19.1. The third-order valence-corrected chi connectivity index (χ3v) is 2.46. The van der Waals surface area contributed by atoms with Crippen LogP contribution in [0.25, 0.3) is 11.3 Å². The van der Waals surface area contributed by atoms with E-state index in [2.05, 4.69) is 10.3 Å². The van der Waals surface area contributed by atoms with Crippen molar-refractivity contribution in [3.05, 3.63) is 29.8 Å². The predicted octanol–water partition coefficient (Wildman–Crippen LogP) is 2.23. The van der Waals surface area contributed by atoms with Crippen molar-refractivity contribution in [1.82, 2.24) is 4.98 Å². The van der Waals surface area contributed by atoms with Crippen LogP contribution in [0.4, 0.5) is 10.4 Å². The molecule has 0 unspecified atom stereocenters. The van der Waals surface area contributed by atoms with Gasteiger partial charge in [-0.2, -0.15) is 4.98 Å². The van der Waals surface area contributed by atoms with Crippen LogP contribution in [0.15, 0.2) is 22.6 Å². The zero-order valence-corrected chi connectivity index (χ0v) is 10.2. The van der Waals surface area contributed by atoms with Gasteiger partial charge in [0.25, 0.3) is 6.01 Å². The zero-order chi connectivity index (χ0) is 14.0. The molecule has 0 aliphatic heterocycles. The Hall–Kier alpha value is -2.57. The molecule has 0 saturated carbocycles. The normalized spacial score (nSPS) is 10.3. The van der Waals surface area contributed by atoms with Crippen LogP contribution in [-0.2, 0) is 0 Å². The minimum Gasteiger partial charge on any atom is -0.494 e. The van der Waals surface area contributed by atoms with Crippen molar-refractivity contribution in [3.63, 3.8) is 0 Å². The van der Waals surface area contributed by atoms with E-state index in [1.165, 1.54) is 26.3 Å². The van der Waals surface area contributed by atoms with Crippen LogP contribution in [-0.4, -0.2) is 30.2 Å². The summed E-state index contributed by atoms with van der Waals surface area (Å²) < 4.78 is 23.4. The minimum absolute atomic E-state index is 0.0450. The number of halogens is 1. The van der Waals surface area contributed by atoms with Crippen molar-refractivity contribution in [2.24, 2.45) is 0 Å². The monoisotopic (exact) mass is 266 g/mol. The summed E-state index contributed by atoms with van der Waals surface area (Å²) in [7, 11) is 2.88. The fraction of sp³-hybridized carbons (Fsp3) is 0.167. The first-order chi connectivity index (χ1) is 9.06. The Morgan fingerprint density at radius 1 is 1.53 bits per heavy atom. The molecule has 0 amide bonds. The number of nitrogens with one attached hydrogen (secondary N) is 1. The highest BCUT2D eigenvalue weighted by Crippen LogP contribution is 2.29. The van der Waals surface area contributed by atoms with Crippen LogP contribution in [0.3, 0.4) is 0 Å². The molecule has 1 aromatic carbocycles. The van der Waals surface area contributed by atoms with E-state index in [0.717, 1.165) is 6.07 Å². The Bertz CT molecular complexity index is 624. The quantitative estimate of drug-likeness (QED) is 0.882. The second-order valence-corrected chi connectivity index (χ2v) is 3.60. The molecule has 0 bridgehead atoms. The van der Waals surface area contributed by atoms with Crippen LogP contribution in [0.5, 0.6) is 5.75 Å². The van der Waals surface area contributed by atoms with Crippen LogP contribution < -0.4 is 10.1 Å². The number of carbonyl (C=O) groups is 1. The van der Waals surface area contributed by atoms with Crippen LogP contribution in [0, 0.1) is 5.82 Å². The van der Waals surface area contributed by atoms with Gasteiger partial charge in [0.1, 0.15) is 5.69 Å². The number of carboxylic acids is 1. The molecule has 100 valence electrons. The number of anilines is 1. The maximum absolute atomic E-state index is 13.6. The Labute approximate surface area is 107 Å². The highest BCUT2D eigenvalue weighted by Gasteiger charge is 2.21. The number of hydrogen-bond acceptors (Lipinski definition) is 5. The molecule has 0 aliphatic rings. The fourth-order valence-electron chi connectivity index (χ4n) is 1.58. The molecule has 2 N–H and O–H groups in total. The first-order valence-corrected chi connectivity index (χ1v) is 5.32. The number of hydrogen-bond donors (Lipinski definition) is 2. The van der Waals surface area contributed by atoms with Gasteiger partial charge in [-0.3, -0.25) is 0 Å². The summed E-state index contributed by atoms with van der Waals surface area (Å²) in [5.74, 6) is -2.17. The van der Waals surface area contributed by atoms with E-state index in [-0.39, 0.29) is 23.2 Å². The Morgan fingerprint density at radius 2 is 2.26 bits per heavy atom. The molecule has 0 saturated heterocycles. The van der Waals surface area contributed by atoms with Gasteiger partial charge >= 0.3 is 5.97 Å². The SMILES string of the molecule is CNc1nc(-c2ccc(OC)c(F)c2)c(C(=O)O)o1. The highest BCUT2D eigenvalue weighted by molar-refractivity contribution is 5.92. The molecule has 2 aromatic rings. The number of aromatic carboxylic acids is 1. The maximum atomic E-state index is 13.6. The molecule has 0 fully saturated rings. The molecule has 0 atom stereocenters. The standard InChI is InChI=1S/C12H11FN2O4/c1-14-12-15-9(10(19-12)11(16)17)6-3-4-8(18-2)7(13)5-6/h3-5H,1-2H3,(H,14,15)(H,16,17). The summed E-state index contributed by atoms with van der Waals surface area (Å²) in [6, 6.07) is 4.08. The van der Waals surface area contributed by atoms with Crippen LogP contribution in [0.2, 0.25) is 0 Å². The molecule has 0 radical (unpaired) electrons. The molecule has 0 aliphatic carbocycles. The Balaban J connectivity index is 2.54. The van der Waals surface area contributed by atoms with Gasteiger partial charge in [-0.1, -0.05) is 0 Å². The molecule has 1 heterocycles. The first kappa shape index (κ1) is 12.9. The third kappa shape index (κ3) is 2.35. The van der Waals surface area contributed by atoms with E-state index < -0.39 is 11.8 Å². The molecule has 7 heteroatoms.